The molecular formula is C19H25N5OS. The molecule has 2 fully saturated rings. The summed E-state index contributed by atoms with van der Waals surface area (Å²) < 4.78 is 0. The Kier molecular flexibility index (Phi) is 5.08. The first-order valence-electron chi connectivity index (χ1n) is 9.20. The minimum atomic E-state index is 0.0900. The van der Waals surface area contributed by atoms with E-state index in [0.717, 1.165) is 56.3 Å². The molecule has 0 atom stereocenters. The molecule has 0 spiro atoms. The highest BCUT2D eigenvalue weighted by molar-refractivity contribution is 7.09. The molecule has 2 amide bonds. The normalized spacial score (nSPS) is 18.8. The topological polar surface area (TPSA) is 51.7 Å². The lowest BCUT2D eigenvalue weighted by Gasteiger charge is -2.34. The van der Waals surface area contributed by atoms with E-state index in [0.29, 0.717) is 6.04 Å². The van der Waals surface area contributed by atoms with Crippen molar-refractivity contribution >= 4 is 28.7 Å². The van der Waals surface area contributed by atoms with E-state index in [9.17, 15) is 4.79 Å². The number of aromatic nitrogens is 1. The zero-order valence-corrected chi connectivity index (χ0v) is 15.9. The van der Waals surface area contributed by atoms with Gasteiger partial charge in [-0.3, -0.25) is 4.90 Å². The van der Waals surface area contributed by atoms with E-state index in [1.807, 2.05) is 29.6 Å². The van der Waals surface area contributed by atoms with Gasteiger partial charge >= 0.3 is 6.03 Å². The maximum atomic E-state index is 12.2. The second-order valence-electron chi connectivity index (χ2n) is 6.94. The molecule has 1 aromatic heterocycles. The number of thiazole rings is 1. The molecule has 0 radical (unpaired) electrons. The highest BCUT2D eigenvalue weighted by Crippen LogP contribution is 2.27. The fourth-order valence-electron chi connectivity index (χ4n) is 3.66. The number of carbonyl (C=O) groups excluding carboxylic acids is 1. The monoisotopic (exact) mass is 371 g/mol. The number of rotatable bonds is 5. The van der Waals surface area contributed by atoms with Crippen LogP contribution in [0.5, 0.6) is 0 Å². The number of carbonyl (C=O) groups is 1. The minimum absolute atomic E-state index is 0.0900. The highest BCUT2D eigenvalue weighted by atomic mass is 32.1. The third-order valence-corrected chi connectivity index (χ3v) is 6.02. The maximum Gasteiger partial charge on any atom is 0.324 e. The van der Waals surface area contributed by atoms with Gasteiger partial charge in [-0.1, -0.05) is 6.07 Å². The molecule has 1 aromatic carbocycles. The van der Waals surface area contributed by atoms with E-state index >= 15 is 0 Å². The lowest BCUT2D eigenvalue weighted by molar-refractivity contribution is 0.229. The molecule has 3 heterocycles. The number of urea groups is 1. The quantitative estimate of drug-likeness (QED) is 0.878. The SMILES string of the molecule is CN1CCN(c2cccc(N3CCC(NCc4nccs4)CC3)c2)C1=O. The summed E-state index contributed by atoms with van der Waals surface area (Å²) in [6, 6.07) is 9.03. The Balaban J connectivity index is 1.34. The maximum absolute atomic E-state index is 12.2. The first kappa shape index (κ1) is 17.3. The zero-order valence-electron chi connectivity index (χ0n) is 15.1. The Labute approximate surface area is 158 Å². The Hall–Kier alpha value is -2.12. The Morgan fingerprint density at radius 1 is 1.19 bits per heavy atom. The van der Waals surface area contributed by atoms with Crippen molar-refractivity contribution in [2.24, 2.45) is 0 Å². The van der Waals surface area contributed by atoms with Gasteiger partial charge in [0.15, 0.2) is 0 Å². The molecule has 0 aliphatic carbocycles. The van der Waals surface area contributed by atoms with Crippen LogP contribution in [0.1, 0.15) is 17.8 Å². The second kappa shape index (κ2) is 7.63. The molecular weight excluding hydrogens is 346 g/mol. The van der Waals surface area contributed by atoms with Crippen LogP contribution in [0, 0.1) is 0 Å². The van der Waals surface area contributed by atoms with Gasteiger partial charge in [0.1, 0.15) is 5.01 Å². The van der Waals surface area contributed by atoms with Gasteiger partial charge in [-0.2, -0.15) is 0 Å². The number of likely N-dealkylation sites (N-methyl/N-ethyl adjacent to an activating group) is 1. The number of nitrogens with one attached hydrogen (secondary N) is 1. The Bertz CT molecular complexity index is 742. The molecule has 4 rings (SSSR count). The smallest absolute Gasteiger partial charge is 0.324 e. The number of nitrogens with zero attached hydrogens (tertiary/aromatic N) is 4. The number of hydrogen-bond donors (Lipinski definition) is 1. The molecule has 2 aliphatic heterocycles. The molecule has 6 nitrogen and oxygen atoms in total. The predicted molar refractivity (Wildman–Crippen MR) is 106 cm³/mol. The minimum Gasteiger partial charge on any atom is -0.371 e. The summed E-state index contributed by atoms with van der Waals surface area (Å²) in [6.45, 7) is 4.49. The number of benzene rings is 1. The van der Waals surface area contributed by atoms with Gasteiger partial charge in [-0.15, -0.1) is 11.3 Å². The summed E-state index contributed by atoms with van der Waals surface area (Å²) in [4.78, 5) is 22.6. The summed E-state index contributed by atoms with van der Waals surface area (Å²) >= 11 is 1.70. The van der Waals surface area contributed by atoms with Gasteiger partial charge < -0.3 is 15.1 Å². The van der Waals surface area contributed by atoms with Gasteiger partial charge in [0, 0.05) is 68.8 Å². The largest absolute Gasteiger partial charge is 0.371 e. The molecule has 2 saturated heterocycles. The lowest BCUT2D eigenvalue weighted by atomic mass is 10.0. The van der Waals surface area contributed by atoms with Crippen molar-refractivity contribution in [2.75, 3.05) is 43.0 Å². The molecule has 0 saturated carbocycles. The van der Waals surface area contributed by atoms with Crippen LogP contribution in [0.3, 0.4) is 0 Å². The molecule has 7 heteroatoms. The Morgan fingerprint density at radius 3 is 2.69 bits per heavy atom. The average Bonchev–Trinajstić information content (AvgIpc) is 3.31. The van der Waals surface area contributed by atoms with Gasteiger partial charge in [0.25, 0.3) is 0 Å². The van der Waals surface area contributed by atoms with Crippen molar-refractivity contribution in [3.05, 3.63) is 40.8 Å². The predicted octanol–water partition coefficient (Wildman–Crippen LogP) is 2.77. The summed E-state index contributed by atoms with van der Waals surface area (Å²) in [5.41, 5.74) is 2.21. The molecule has 2 aromatic rings. The first-order chi connectivity index (χ1) is 12.7. The summed E-state index contributed by atoms with van der Waals surface area (Å²) in [5.74, 6) is 0. The number of anilines is 2. The van der Waals surface area contributed by atoms with Crippen molar-refractivity contribution in [1.82, 2.24) is 15.2 Å². The summed E-state index contributed by atoms with van der Waals surface area (Å²) in [5, 5.41) is 6.80. The first-order valence-corrected chi connectivity index (χ1v) is 10.1. The summed E-state index contributed by atoms with van der Waals surface area (Å²) in [7, 11) is 1.86. The van der Waals surface area contributed by atoms with E-state index in [1.165, 1.54) is 5.69 Å². The van der Waals surface area contributed by atoms with Crippen molar-refractivity contribution in [3.63, 3.8) is 0 Å². The fraction of sp³-hybridized carbons (Fsp3) is 0.474. The van der Waals surface area contributed by atoms with E-state index < -0.39 is 0 Å². The van der Waals surface area contributed by atoms with Crippen LogP contribution in [0.25, 0.3) is 0 Å². The third-order valence-electron chi connectivity index (χ3n) is 5.24. The summed E-state index contributed by atoms with van der Waals surface area (Å²) in [6.07, 6.45) is 4.11. The standard InChI is InChI=1S/C19H25N5OS/c1-22-10-11-24(19(22)25)17-4-2-3-16(13-17)23-8-5-15(6-9-23)21-14-18-20-7-12-26-18/h2-4,7,12-13,15,21H,5-6,8-11,14H2,1H3. The van der Waals surface area contributed by atoms with Gasteiger partial charge in [0.2, 0.25) is 0 Å². The van der Waals surface area contributed by atoms with Gasteiger partial charge in [-0.25, -0.2) is 9.78 Å². The number of amides is 2. The van der Waals surface area contributed by atoms with Crippen LogP contribution >= 0.6 is 11.3 Å². The number of piperidine rings is 1. The third kappa shape index (κ3) is 3.68. The molecule has 2 aliphatic rings. The van der Waals surface area contributed by atoms with Crippen molar-refractivity contribution < 1.29 is 4.79 Å². The lowest BCUT2D eigenvalue weighted by Crippen LogP contribution is -2.42. The molecule has 0 bridgehead atoms. The average molecular weight is 372 g/mol. The molecule has 26 heavy (non-hydrogen) atoms. The van der Waals surface area contributed by atoms with Crippen LogP contribution in [0.15, 0.2) is 35.8 Å². The second-order valence-corrected chi connectivity index (χ2v) is 7.92. The fourth-order valence-corrected chi connectivity index (χ4v) is 4.23. The van der Waals surface area contributed by atoms with Crippen molar-refractivity contribution in [3.8, 4) is 0 Å². The zero-order chi connectivity index (χ0) is 17.9. The van der Waals surface area contributed by atoms with E-state index in [-0.39, 0.29) is 6.03 Å². The van der Waals surface area contributed by atoms with Gasteiger partial charge in [-0.05, 0) is 31.0 Å². The Morgan fingerprint density at radius 2 is 2.00 bits per heavy atom. The van der Waals surface area contributed by atoms with Crippen LogP contribution in [-0.2, 0) is 6.54 Å². The van der Waals surface area contributed by atoms with Crippen LogP contribution < -0.4 is 15.1 Å². The van der Waals surface area contributed by atoms with Crippen molar-refractivity contribution in [2.45, 2.75) is 25.4 Å². The van der Waals surface area contributed by atoms with Crippen LogP contribution in [0.4, 0.5) is 16.2 Å². The molecule has 1 N–H and O–H groups in total. The molecule has 138 valence electrons. The van der Waals surface area contributed by atoms with E-state index in [2.05, 4.69) is 33.4 Å². The van der Waals surface area contributed by atoms with Crippen LogP contribution in [0.2, 0.25) is 0 Å². The van der Waals surface area contributed by atoms with Gasteiger partial charge in [0.05, 0.1) is 0 Å². The molecule has 0 unspecified atom stereocenters. The van der Waals surface area contributed by atoms with Crippen LogP contribution in [-0.4, -0.2) is 55.2 Å². The van der Waals surface area contributed by atoms with Crippen molar-refractivity contribution in [1.29, 1.82) is 0 Å². The number of hydrogen-bond acceptors (Lipinski definition) is 5. The highest BCUT2D eigenvalue weighted by Gasteiger charge is 2.27. The van der Waals surface area contributed by atoms with E-state index in [4.69, 9.17) is 0 Å². The van der Waals surface area contributed by atoms with E-state index in [1.54, 1.807) is 16.2 Å².